The Labute approximate surface area is 160 Å². The predicted octanol–water partition coefficient (Wildman–Crippen LogP) is 1.73. The molecule has 1 heterocycles. The Morgan fingerprint density at radius 3 is 2.26 bits per heavy atom. The molecule has 2 rings (SSSR count). The van der Waals surface area contributed by atoms with Gasteiger partial charge in [0.15, 0.2) is 0 Å². The average Bonchev–Trinajstić information content (AvgIpc) is 2.70. The predicted molar refractivity (Wildman–Crippen MR) is 103 cm³/mol. The third-order valence-electron chi connectivity index (χ3n) is 5.12. The molecule has 148 valence electrons. The third kappa shape index (κ3) is 5.98. The van der Waals surface area contributed by atoms with E-state index < -0.39 is 12.0 Å². The average molecular weight is 375 g/mol. The lowest BCUT2D eigenvalue weighted by Gasteiger charge is -2.36. The number of carbonyl (C=O) groups is 3. The van der Waals surface area contributed by atoms with Crippen molar-refractivity contribution < 1.29 is 19.5 Å². The van der Waals surface area contributed by atoms with Crippen molar-refractivity contribution in [2.24, 2.45) is 5.92 Å². The van der Waals surface area contributed by atoms with Crippen LogP contribution in [0.3, 0.4) is 0 Å². The number of nitrogens with zero attached hydrogens (tertiary/aromatic N) is 2. The molecule has 1 saturated heterocycles. The highest BCUT2D eigenvalue weighted by Gasteiger charge is 2.26. The van der Waals surface area contributed by atoms with E-state index in [2.05, 4.69) is 22.3 Å². The molecular formula is C20H29N3O4. The topological polar surface area (TPSA) is 90.0 Å². The number of benzene rings is 1. The van der Waals surface area contributed by atoms with Crippen molar-refractivity contribution in [1.82, 2.24) is 10.2 Å². The monoisotopic (exact) mass is 375 g/mol. The number of anilines is 1. The number of aliphatic carboxylic acids is 1. The van der Waals surface area contributed by atoms with Crippen molar-refractivity contribution >= 4 is 23.5 Å². The first-order chi connectivity index (χ1) is 12.9. The van der Waals surface area contributed by atoms with Crippen LogP contribution in [0.25, 0.3) is 0 Å². The van der Waals surface area contributed by atoms with E-state index in [1.54, 1.807) is 11.8 Å². The van der Waals surface area contributed by atoms with Crippen LogP contribution < -0.4 is 10.2 Å². The Morgan fingerprint density at radius 2 is 1.70 bits per heavy atom. The van der Waals surface area contributed by atoms with Gasteiger partial charge in [-0.3, -0.25) is 9.59 Å². The van der Waals surface area contributed by atoms with E-state index in [4.69, 9.17) is 0 Å². The maximum Gasteiger partial charge on any atom is 0.326 e. The van der Waals surface area contributed by atoms with Crippen molar-refractivity contribution in [2.45, 2.75) is 39.2 Å². The van der Waals surface area contributed by atoms with Crippen molar-refractivity contribution in [3.63, 3.8) is 0 Å². The maximum absolute atomic E-state index is 12.4. The maximum atomic E-state index is 12.4. The lowest BCUT2D eigenvalue weighted by molar-refractivity contribution is -0.143. The minimum Gasteiger partial charge on any atom is -0.480 e. The van der Waals surface area contributed by atoms with Gasteiger partial charge in [0.2, 0.25) is 11.8 Å². The van der Waals surface area contributed by atoms with Gasteiger partial charge in [-0.05, 0) is 18.1 Å². The molecule has 1 aliphatic rings. The second-order valence-corrected chi connectivity index (χ2v) is 6.97. The lowest BCUT2D eigenvalue weighted by atomic mass is 9.99. The largest absolute Gasteiger partial charge is 0.480 e. The summed E-state index contributed by atoms with van der Waals surface area (Å²) in [6.07, 6.45) is 0.768. The SMILES string of the molecule is CC[C@H](C)[C@H](NC(=O)CCC(=O)N1CCN(c2ccccc2)CC1)C(=O)O. The number of amides is 2. The fourth-order valence-electron chi connectivity index (χ4n) is 3.16. The molecule has 1 aromatic carbocycles. The van der Waals surface area contributed by atoms with Crippen LogP contribution in [-0.2, 0) is 14.4 Å². The second kappa shape index (κ2) is 9.94. The molecule has 7 nitrogen and oxygen atoms in total. The number of carboxylic acid groups (broad SMARTS) is 1. The van der Waals surface area contributed by atoms with Gasteiger partial charge in [-0.25, -0.2) is 4.79 Å². The second-order valence-electron chi connectivity index (χ2n) is 6.97. The van der Waals surface area contributed by atoms with Gasteiger partial charge in [-0.15, -0.1) is 0 Å². The first kappa shape index (κ1) is 20.7. The Bertz CT molecular complexity index is 642. The summed E-state index contributed by atoms with van der Waals surface area (Å²) in [5, 5.41) is 11.8. The summed E-state index contributed by atoms with van der Waals surface area (Å²) in [4.78, 5) is 39.7. The highest BCUT2D eigenvalue weighted by Crippen LogP contribution is 2.16. The minimum atomic E-state index is -1.04. The fraction of sp³-hybridized carbons (Fsp3) is 0.550. The number of piperazine rings is 1. The Balaban J connectivity index is 1.76. The Kier molecular flexibility index (Phi) is 7.64. The summed E-state index contributed by atoms with van der Waals surface area (Å²) in [7, 11) is 0. The van der Waals surface area contributed by atoms with E-state index in [1.165, 1.54) is 0 Å². The van der Waals surface area contributed by atoms with Crippen LogP contribution in [0.2, 0.25) is 0 Å². The number of hydrogen-bond donors (Lipinski definition) is 2. The van der Waals surface area contributed by atoms with Crippen LogP contribution in [0.1, 0.15) is 33.1 Å². The highest BCUT2D eigenvalue weighted by atomic mass is 16.4. The summed E-state index contributed by atoms with van der Waals surface area (Å²) in [5.41, 5.74) is 1.15. The minimum absolute atomic E-state index is 0.0119. The van der Waals surface area contributed by atoms with Crippen molar-refractivity contribution in [3.05, 3.63) is 30.3 Å². The van der Waals surface area contributed by atoms with E-state index in [-0.39, 0.29) is 30.6 Å². The number of nitrogens with one attached hydrogen (secondary N) is 1. The molecular weight excluding hydrogens is 346 g/mol. The highest BCUT2D eigenvalue weighted by molar-refractivity contribution is 5.87. The standard InChI is InChI=1S/C20H29N3O4/c1-3-15(2)19(20(26)27)21-17(24)9-10-18(25)23-13-11-22(12-14-23)16-7-5-4-6-8-16/h4-8,15,19H,3,9-14H2,1-2H3,(H,21,24)(H,26,27)/t15-,19-/m0/s1. The molecule has 0 bridgehead atoms. The van der Waals surface area contributed by atoms with Crippen molar-refractivity contribution in [1.29, 1.82) is 0 Å². The zero-order valence-corrected chi connectivity index (χ0v) is 16.1. The Morgan fingerprint density at radius 1 is 1.07 bits per heavy atom. The van der Waals surface area contributed by atoms with Gasteiger partial charge in [-0.2, -0.15) is 0 Å². The summed E-state index contributed by atoms with van der Waals surface area (Å²) in [6, 6.07) is 9.16. The fourth-order valence-corrected chi connectivity index (χ4v) is 3.16. The quantitative estimate of drug-likeness (QED) is 0.722. The smallest absolute Gasteiger partial charge is 0.326 e. The van der Waals surface area contributed by atoms with Crippen LogP contribution in [0.4, 0.5) is 5.69 Å². The number of carboxylic acids is 1. The van der Waals surface area contributed by atoms with Gasteiger partial charge in [-0.1, -0.05) is 38.5 Å². The number of hydrogen-bond acceptors (Lipinski definition) is 4. The molecule has 27 heavy (non-hydrogen) atoms. The summed E-state index contributed by atoms with van der Waals surface area (Å²) in [5.74, 6) is -1.65. The Hall–Kier alpha value is -2.57. The number of para-hydroxylation sites is 1. The van der Waals surface area contributed by atoms with E-state index in [9.17, 15) is 19.5 Å². The molecule has 0 radical (unpaired) electrons. The molecule has 0 aromatic heterocycles. The molecule has 0 aliphatic carbocycles. The van der Waals surface area contributed by atoms with Gasteiger partial charge in [0.25, 0.3) is 0 Å². The van der Waals surface area contributed by atoms with Gasteiger partial charge in [0.05, 0.1) is 0 Å². The molecule has 7 heteroatoms. The van der Waals surface area contributed by atoms with E-state index >= 15 is 0 Å². The first-order valence-corrected chi connectivity index (χ1v) is 9.52. The van der Waals surface area contributed by atoms with Crippen LogP contribution in [0, 0.1) is 5.92 Å². The summed E-state index contributed by atoms with van der Waals surface area (Å²) >= 11 is 0. The molecule has 1 aliphatic heterocycles. The van der Waals surface area contributed by atoms with Crippen molar-refractivity contribution in [3.8, 4) is 0 Å². The molecule has 1 fully saturated rings. The molecule has 2 atom stereocenters. The first-order valence-electron chi connectivity index (χ1n) is 9.52. The van der Waals surface area contributed by atoms with E-state index in [0.29, 0.717) is 19.5 Å². The normalized spacial score (nSPS) is 16.5. The third-order valence-corrected chi connectivity index (χ3v) is 5.12. The molecule has 2 N–H and O–H groups in total. The van der Waals surface area contributed by atoms with Gasteiger partial charge in [0, 0.05) is 44.7 Å². The molecule has 0 unspecified atom stereocenters. The van der Waals surface area contributed by atoms with Crippen LogP contribution in [0.15, 0.2) is 30.3 Å². The van der Waals surface area contributed by atoms with E-state index in [1.807, 2.05) is 25.1 Å². The summed E-state index contributed by atoms with van der Waals surface area (Å²) < 4.78 is 0. The van der Waals surface area contributed by atoms with Gasteiger partial charge in [0.1, 0.15) is 6.04 Å². The zero-order valence-electron chi connectivity index (χ0n) is 16.1. The number of carbonyl (C=O) groups excluding carboxylic acids is 2. The van der Waals surface area contributed by atoms with E-state index in [0.717, 1.165) is 18.8 Å². The molecule has 0 saturated carbocycles. The van der Waals surface area contributed by atoms with Crippen LogP contribution in [0.5, 0.6) is 0 Å². The van der Waals surface area contributed by atoms with Gasteiger partial charge < -0.3 is 20.2 Å². The number of rotatable bonds is 8. The van der Waals surface area contributed by atoms with Gasteiger partial charge >= 0.3 is 5.97 Å². The molecule has 0 spiro atoms. The van der Waals surface area contributed by atoms with Crippen LogP contribution in [-0.4, -0.2) is 60.0 Å². The van der Waals surface area contributed by atoms with Crippen molar-refractivity contribution in [2.75, 3.05) is 31.1 Å². The van der Waals surface area contributed by atoms with Crippen LogP contribution >= 0.6 is 0 Å². The molecule has 1 aromatic rings. The lowest BCUT2D eigenvalue weighted by Crippen LogP contribution is -2.49. The summed E-state index contributed by atoms with van der Waals surface area (Å²) in [6.45, 7) is 6.44. The molecule has 2 amide bonds. The zero-order chi connectivity index (χ0) is 19.8.